The third-order valence-corrected chi connectivity index (χ3v) is 18.5. The summed E-state index contributed by atoms with van der Waals surface area (Å²) in [5, 5.41) is 10.7. The van der Waals surface area contributed by atoms with Crippen molar-refractivity contribution >= 4 is 39.5 Å². The zero-order chi connectivity index (χ0) is 80.3. The van der Waals surface area contributed by atoms with Gasteiger partial charge < -0.3 is 33.8 Å². The summed E-state index contributed by atoms with van der Waals surface area (Å²) < 4.78 is 68.6. The number of carbonyl (C=O) groups excluding carboxylic acids is 4. The molecule has 0 radical (unpaired) electrons. The van der Waals surface area contributed by atoms with Crippen LogP contribution in [0.4, 0.5) is 0 Å². The van der Waals surface area contributed by atoms with Crippen molar-refractivity contribution in [2.75, 3.05) is 39.6 Å². The number of unbranched alkanes of at least 4 members (excludes halogenated alkanes) is 18. The fourth-order valence-electron chi connectivity index (χ4n) is 10.3. The van der Waals surface area contributed by atoms with Crippen LogP contribution in [0.3, 0.4) is 0 Å². The first-order valence-corrected chi connectivity index (χ1v) is 44.7. The van der Waals surface area contributed by atoms with Gasteiger partial charge in [0.1, 0.15) is 19.3 Å². The molecule has 0 bridgehead atoms. The molecule has 0 aromatic rings. The van der Waals surface area contributed by atoms with Crippen molar-refractivity contribution in [3.8, 4) is 0 Å². The molecular formula is C91H146O17P2. The van der Waals surface area contributed by atoms with E-state index in [0.717, 1.165) is 167 Å². The van der Waals surface area contributed by atoms with E-state index < -0.39 is 97.5 Å². The van der Waals surface area contributed by atoms with Crippen molar-refractivity contribution in [3.05, 3.63) is 194 Å². The van der Waals surface area contributed by atoms with Gasteiger partial charge in [-0.1, -0.05) is 306 Å². The van der Waals surface area contributed by atoms with Crippen LogP contribution in [0.25, 0.3) is 0 Å². The maximum atomic E-state index is 13.1. The van der Waals surface area contributed by atoms with Gasteiger partial charge in [-0.15, -0.1) is 0 Å². The highest BCUT2D eigenvalue weighted by Gasteiger charge is 2.30. The predicted octanol–water partition coefficient (Wildman–Crippen LogP) is 24.9. The Hall–Kier alpha value is -6.10. The van der Waals surface area contributed by atoms with Gasteiger partial charge in [-0.25, -0.2) is 9.13 Å². The summed E-state index contributed by atoms with van der Waals surface area (Å²) in [6.45, 7) is 4.33. The smallest absolute Gasteiger partial charge is 0.462 e. The van der Waals surface area contributed by atoms with Gasteiger partial charge >= 0.3 is 39.5 Å². The minimum Gasteiger partial charge on any atom is -0.462 e. The maximum absolute atomic E-state index is 13.1. The highest BCUT2D eigenvalue weighted by Crippen LogP contribution is 2.45. The highest BCUT2D eigenvalue weighted by molar-refractivity contribution is 7.47. The van der Waals surface area contributed by atoms with Crippen molar-refractivity contribution in [1.82, 2.24) is 0 Å². The van der Waals surface area contributed by atoms with Crippen LogP contribution in [0.1, 0.15) is 297 Å². The topological polar surface area (TPSA) is 237 Å². The lowest BCUT2D eigenvalue weighted by molar-refractivity contribution is -0.161. The van der Waals surface area contributed by atoms with Gasteiger partial charge in [0.25, 0.3) is 0 Å². The molecule has 0 aromatic heterocycles. The third-order valence-electron chi connectivity index (χ3n) is 16.6. The van der Waals surface area contributed by atoms with E-state index >= 15 is 0 Å². The van der Waals surface area contributed by atoms with Crippen molar-refractivity contribution < 1.29 is 80.2 Å². The average Bonchev–Trinajstić information content (AvgIpc) is 0.900. The molecular weight excluding hydrogens is 1430 g/mol. The van der Waals surface area contributed by atoms with Crippen LogP contribution in [0.2, 0.25) is 0 Å². The summed E-state index contributed by atoms with van der Waals surface area (Å²) in [5.41, 5.74) is 0. The van der Waals surface area contributed by atoms with E-state index in [1.54, 1.807) is 0 Å². The Bertz CT molecular complexity index is 2850. The number of phosphoric ester groups is 2. The monoisotopic (exact) mass is 1570 g/mol. The van der Waals surface area contributed by atoms with E-state index in [9.17, 15) is 43.2 Å². The summed E-state index contributed by atoms with van der Waals surface area (Å²) in [5.74, 6) is -2.41. The molecule has 0 aliphatic heterocycles. The number of hydrogen-bond donors (Lipinski definition) is 3. The molecule has 0 spiro atoms. The molecule has 0 aliphatic carbocycles. The Morgan fingerprint density at radius 1 is 0.264 bits per heavy atom. The molecule has 0 heterocycles. The van der Waals surface area contributed by atoms with E-state index in [0.29, 0.717) is 38.5 Å². The summed E-state index contributed by atoms with van der Waals surface area (Å²) in [6, 6.07) is 0. The molecule has 0 aliphatic rings. The lowest BCUT2D eigenvalue weighted by atomic mass is 10.1. The Labute approximate surface area is 666 Å². The van der Waals surface area contributed by atoms with Gasteiger partial charge in [-0.05, 0) is 161 Å². The molecule has 3 N–H and O–H groups in total. The lowest BCUT2D eigenvalue weighted by Crippen LogP contribution is -2.30. The van der Waals surface area contributed by atoms with Gasteiger partial charge in [0.05, 0.1) is 26.4 Å². The Morgan fingerprint density at radius 2 is 0.491 bits per heavy atom. The first-order valence-electron chi connectivity index (χ1n) is 41.7. The summed E-state index contributed by atoms with van der Waals surface area (Å²) in [7, 11) is -10.0. The minimum absolute atomic E-state index is 0.0123. The Morgan fingerprint density at radius 3 is 0.809 bits per heavy atom. The molecule has 622 valence electrons. The number of carbonyl (C=O) groups is 4. The van der Waals surface area contributed by atoms with Gasteiger partial charge in [0.15, 0.2) is 12.2 Å². The van der Waals surface area contributed by atoms with Crippen LogP contribution in [-0.2, 0) is 65.4 Å². The number of aliphatic hydroxyl groups excluding tert-OH is 1. The largest absolute Gasteiger partial charge is 0.472 e. The fourth-order valence-corrected chi connectivity index (χ4v) is 11.9. The molecule has 19 heteroatoms. The van der Waals surface area contributed by atoms with Gasteiger partial charge in [-0.3, -0.25) is 37.3 Å². The van der Waals surface area contributed by atoms with Gasteiger partial charge in [0, 0.05) is 25.7 Å². The van der Waals surface area contributed by atoms with Gasteiger partial charge in [0.2, 0.25) is 0 Å². The summed E-state index contributed by atoms with van der Waals surface area (Å²) in [4.78, 5) is 73.1. The van der Waals surface area contributed by atoms with E-state index in [4.69, 9.17) is 37.0 Å². The van der Waals surface area contributed by atoms with E-state index in [2.05, 4.69) is 186 Å². The lowest BCUT2D eigenvalue weighted by Gasteiger charge is -2.21. The predicted molar refractivity (Wildman–Crippen MR) is 454 cm³/mol. The standard InChI is InChI=1S/C91H146O17P2/c1-5-9-13-17-21-25-29-33-37-40-42-45-49-52-56-60-64-68-72-76-89(94)102-82-87(108-91(96)78-74-70-66-62-58-54-50-46-43-41-38-34-30-26-22-18-14-10-6-2)84-106-110(99,100)104-80-85(92)79-103-109(97,98)105-83-86(107-90(95)77-73-69-65-61-57-53-47-36-32-28-24-20-16-12-8-4)81-101-88(93)75-71-67-63-59-55-51-48-44-39-35-31-27-23-19-15-11-7-3/h9-11,13-15,21-23,25-27,33-39,42-43,45-47,52,54,56,58,64,66,68,70,85-87,92H,5-8,12,16-20,24,28-32,40-41,44,48-51,53,55,57,59-63,65,67,69,71-84H2,1-4H3,(H,97,98)(H,99,100)/b13-9-,14-10-,15-11-,25-21-,26-22-,27-23-,37-33-,38-34-,39-35-,45-42-,46-43-,47-36-,56-52-,58-54-,68-64-,70-66-. The number of esters is 4. The zero-order valence-corrected chi connectivity index (χ0v) is 69.9. The van der Waals surface area contributed by atoms with Crippen LogP contribution < -0.4 is 0 Å². The molecule has 0 saturated heterocycles. The Kier molecular flexibility index (Phi) is 76.4. The van der Waals surface area contributed by atoms with Gasteiger partial charge in [-0.2, -0.15) is 0 Å². The van der Waals surface area contributed by atoms with Crippen LogP contribution in [-0.4, -0.2) is 96.7 Å². The molecule has 5 atom stereocenters. The molecule has 0 aromatic carbocycles. The number of phosphoric acid groups is 2. The average molecular weight is 1570 g/mol. The zero-order valence-electron chi connectivity index (χ0n) is 68.1. The van der Waals surface area contributed by atoms with E-state index in [-0.39, 0.29) is 25.7 Å². The molecule has 0 saturated carbocycles. The number of hydrogen-bond acceptors (Lipinski definition) is 15. The summed E-state index contributed by atoms with van der Waals surface area (Å²) >= 11 is 0. The number of allylic oxidation sites excluding steroid dienone is 32. The van der Waals surface area contributed by atoms with Crippen LogP contribution in [0, 0.1) is 0 Å². The van der Waals surface area contributed by atoms with Crippen molar-refractivity contribution in [1.29, 1.82) is 0 Å². The van der Waals surface area contributed by atoms with Crippen LogP contribution >= 0.6 is 15.6 Å². The van der Waals surface area contributed by atoms with Crippen molar-refractivity contribution in [2.24, 2.45) is 0 Å². The number of ether oxygens (including phenoxy) is 4. The van der Waals surface area contributed by atoms with E-state index in [1.807, 2.05) is 36.5 Å². The minimum atomic E-state index is -5.03. The maximum Gasteiger partial charge on any atom is 0.472 e. The first kappa shape index (κ1) is 104. The quantitative estimate of drug-likeness (QED) is 0.0169. The highest BCUT2D eigenvalue weighted by atomic mass is 31.2. The molecule has 0 rings (SSSR count). The second kappa shape index (κ2) is 80.9. The first-order chi connectivity index (χ1) is 53.7. The molecule has 0 amide bonds. The van der Waals surface area contributed by atoms with Crippen LogP contribution in [0.5, 0.6) is 0 Å². The number of rotatable bonds is 76. The molecule has 17 nitrogen and oxygen atoms in total. The molecule has 110 heavy (non-hydrogen) atoms. The normalized spacial score (nSPS) is 14.8. The second-order valence-electron chi connectivity index (χ2n) is 26.9. The third kappa shape index (κ3) is 80.0. The van der Waals surface area contributed by atoms with Crippen molar-refractivity contribution in [2.45, 2.75) is 316 Å². The SMILES string of the molecule is CC/C=C\C/C=C\C/C=C\C/C=C\C/C=C\C/C=C\CCC(=O)OCC(COP(=O)(O)OCC(O)COP(=O)(O)OCC(COC(=O)CCCCCCCCC/C=C\C/C=C\C/C=C\CC)OC(=O)CCCCCCC/C=C\CCCCCCCC)OC(=O)CC/C=C\C/C=C\C/C=C\C/C=C\C/C=C\C/C=C\CC. The second-order valence-corrected chi connectivity index (χ2v) is 29.8. The van der Waals surface area contributed by atoms with Crippen LogP contribution in [0.15, 0.2) is 194 Å². The summed E-state index contributed by atoms with van der Waals surface area (Å²) in [6.07, 6.45) is 100. The van der Waals surface area contributed by atoms with Crippen molar-refractivity contribution in [3.63, 3.8) is 0 Å². The van der Waals surface area contributed by atoms with E-state index in [1.165, 1.54) is 38.5 Å². The number of aliphatic hydroxyl groups is 1. The Balaban J connectivity index is 5.54. The molecule has 0 fully saturated rings. The fraction of sp³-hybridized carbons (Fsp3) is 0.604. The molecule has 5 unspecified atom stereocenters.